The number of hydrogen-bond acceptors (Lipinski definition) is 3. The van der Waals surface area contributed by atoms with Gasteiger partial charge in [0.1, 0.15) is 6.17 Å². The zero-order chi connectivity index (χ0) is 15.6. The number of halogens is 4. The van der Waals surface area contributed by atoms with Crippen molar-refractivity contribution in [1.82, 2.24) is 9.80 Å². The van der Waals surface area contributed by atoms with Crippen LogP contribution in [-0.2, 0) is 4.79 Å². The van der Waals surface area contributed by atoms with E-state index in [2.05, 4.69) is 0 Å². The van der Waals surface area contributed by atoms with E-state index in [0.717, 1.165) is 0 Å². The van der Waals surface area contributed by atoms with Gasteiger partial charge in [0.2, 0.25) is 5.91 Å². The third-order valence-corrected chi connectivity index (χ3v) is 4.20. The molecule has 0 saturated carbocycles. The van der Waals surface area contributed by atoms with Gasteiger partial charge in [-0.2, -0.15) is 13.2 Å². The van der Waals surface area contributed by atoms with E-state index in [0.29, 0.717) is 12.8 Å². The second-order valence-electron chi connectivity index (χ2n) is 5.83. The Labute approximate surface area is 120 Å². The van der Waals surface area contributed by atoms with Crippen molar-refractivity contribution in [2.75, 3.05) is 32.8 Å². The third-order valence-electron chi connectivity index (χ3n) is 4.20. The number of alkyl halides is 4. The largest absolute Gasteiger partial charge is 0.401 e. The molecule has 4 nitrogen and oxygen atoms in total. The lowest BCUT2D eigenvalue weighted by Gasteiger charge is -2.34. The summed E-state index contributed by atoms with van der Waals surface area (Å²) in [6, 6.07) is -0.499. The summed E-state index contributed by atoms with van der Waals surface area (Å²) in [6.45, 7) is -0.825. The Hall–Kier alpha value is -0.890. The maximum Gasteiger partial charge on any atom is 0.401 e. The molecular formula is C13H20F4N2O2. The Morgan fingerprint density at radius 2 is 1.86 bits per heavy atom. The number of nitrogens with zero attached hydrogens (tertiary/aromatic N) is 2. The van der Waals surface area contributed by atoms with Crippen molar-refractivity contribution in [3.8, 4) is 0 Å². The molecule has 122 valence electrons. The third kappa shape index (κ3) is 4.29. The number of carbonyl (C=O) groups is 1. The molecule has 0 aromatic heterocycles. The molecule has 2 atom stereocenters. The summed E-state index contributed by atoms with van der Waals surface area (Å²) in [5.74, 6) is -0.602. The van der Waals surface area contributed by atoms with Gasteiger partial charge in [0, 0.05) is 12.3 Å². The van der Waals surface area contributed by atoms with Crippen LogP contribution in [0.2, 0.25) is 0 Å². The zero-order valence-electron chi connectivity index (χ0n) is 11.7. The summed E-state index contributed by atoms with van der Waals surface area (Å²) < 4.78 is 50.2. The van der Waals surface area contributed by atoms with Crippen molar-refractivity contribution in [2.24, 2.45) is 5.92 Å². The Bertz CT molecular complexity index is 370. The molecule has 1 amide bonds. The molecule has 0 aromatic rings. The van der Waals surface area contributed by atoms with Crippen molar-refractivity contribution in [3.63, 3.8) is 0 Å². The highest BCUT2D eigenvalue weighted by Crippen LogP contribution is 2.27. The summed E-state index contributed by atoms with van der Waals surface area (Å²) in [5, 5.41) is 9.18. The smallest absolute Gasteiger partial charge is 0.394 e. The second-order valence-corrected chi connectivity index (χ2v) is 5.83. The van der Waals surface area contributed by atoms with Gasteiger partial charge in [-0.1, -0.05) is 0 Å². The van der Waals surface area contributed by atoms with Gasteiger partial charge in [0.25, 0.3) is 0 Å². The first-order valence-corrected chi connectivity index (χ1v) is 7.14. The normalized spacial score (nSPS) is 29.1. The van der Waals surface area contributed by atoms with E-state index in [1.165, 1.54) is 9.80 Å². The molecule has 8 heteroatoms. The molecule has 2 rings (SSSR count). The van der Waals surface area contributed by atoms with Gasteiger partial charge >= 0.3 is 6.18 Å². The van der Waals surface area contributed by atoms with Gasteiger partial charge in [0.15, 0.2) is 0 Å². The summed E-state index contributed by atoms with van der Waals surface area (Å²) in [7, 11) is 0. The molecule has 0 spiro atoms. The molecule has 2 heterocycles. The van der Waals surface area contributed by atoms with E-state index in [4.69, 9.17) is 0 Å². The van der Waals surface area contributed by atoms with Crippen LogP contribution in [0.15, 0.2) is 0 Å². The van der Waals surface area contributed by atoms with Crippen molar-refractivity contribution in [3.05, 3.63) is 0 Å². The van der Waals surface area contributed by atoms with Crippen LogP contribution in [0.3, 0.4) is 0 Å². The molecule has 2 fully saturated rings. The first-order valence-electron chi connectivity index (χ1n) is 7.14. The topological polar surface area (TPSA) is 43.8 Å². The average Bonchev–Trinajstić information content (AvgIpc) is 2.78. The maximum absolute atomic E-state index is 13.3. The van der Waals surface area contributed by atoms with Crippen LogP contribution in [0.1, 0.15) is 19.3 Å². The van der Waals surface area contributed by atoms with Gasteiger partial charge in [-0.25, -0.2) is 4.39 Å². The number of amides is 1. The van der Waals surface area contributed by atoms with Gasteiger partial charge in [0.05, 0.1) is 25.7 Å². The minimum atomic E-state index is -4.23. The highest BCUT2D eigenvalue weighted by molar-refractivity contribution is 5.79. The van der Waals surface area contributed by atoms with Gasteiger partial charge < -0.3 is 10.0 Å². The number of carbonyl (C=O) groups excluding carboxylic acids is 1. The standard InChI is InChI=1S/C13H20F4N2O2/c14-10-5-11(7-20)19(6-10)12(21)9-1-3-18(4-2-9)8-13(15,16)17/h9-11,20H,1-8H2/t10-,11-/m0/s1. The van der Waals surface area contributed by atoms with Crippen LogP contribution in [0, 0.1) is 5.92 Å². The monoisotopic (exact) mass is 312 g/mol. The van der Waals surface area contributed by atoms with Gasteiger partial charge in [-0.05, 0) is 25.9 Å². The zero-order valence-corrected chi connectivity index (χ0v) is 11.7. The summed E-state index contributed by atoms with van der Waals surface area (Å²) in [5.41, 5.74) is 0. The highest BCUT2D eigenvalue weighted by Gasteiger charge is 2.39. The Kier molecular flexibility index (Phi) is 5.08. The fraction of sp³-hybridized carbons (Fsp3) is 0.923. The predicted molar refractivity (Wildman–Crippen MR) is 67.3 cm³/mol. The maximum atomic E-state index is 13.3. The fourth-order valence-corrected chi connectivity index (χ4v) is 3.13. The molecule has 0 unspecified atom stereocenters. The molecule has 2 saturated heterocycles. The highest BCUT2D eigenvalue weighted by atomic mass is 19.4. The number of piperidine rings is 1. The van der Waals surface area contributed by atoms with Crippen LogP contribution in [-0.4, -0.2) is 72.0 Å². The van der Waals surface area contributed by atoms with Crippen molar-refractivity contribution >= 4 is 5.91 Å². The van der Waals surface area contributed by atoms with E-state index in [9.17, 15) is 27.5 Å². The number of rotatable bonds is 3. The lowest BCUT2D eigenvalue weighted by Crippen LogP contribution is -2.47. The number of hydrogen-bond donors (Lipinski definition) is 1. The van der Waals surface area contributed by atoms with Crippen LogP contribution in [0.5, 0.6) is 0 Å². The minimum Gasteiger partial charge on any atom is -0.394 e. The van der Waals surface area contributed by atoms with Crippen LogP contribution >= 0.6 is 0 Å². The van der Waals surface area contributed by atoms with Gasteiger partial charge in [-0.3, -0.25) is 9.69 Å². The lowest BCUT2D eigenvalue weighted by atomic mass is 9.95. The Balaban J connectivity index is 1.86. The van der Waals surface area contributed by atoms with Crippen LogP contribution in [0.4, 0.5) is 17.6 Å². The number of aliphatic hydroxyl groups excluding tert-OH is 1. The van der Waals surface area contributed by atoms with Crippen LogP contribution < -0.4 is 0 Å². The molecule has 0 bridgehead atoms. The average molecular weight is 312 g/mol. The number of likely N-dealkylation sites (tertiary alicyclic amines) is 2. The van der Waals surface area contributed by atoms with E-state index in [1.807, 2.05) is 0 Å². The van der Waals surface area contributed by atoms with E-state index >= 15 is 0 Å². The summed E-state index contributed by atoms with van der Waals surface area (Å²) >= 11 is 0. The molecule has 0 aliphatic carbocycles. The molecule has 2 aliphatic heterocycles. The Morgan fingerprint density at radius 3 is 2.38 bits per heavy atom. The second kappa shape index (κ2) is 6.48. The first-order chi connectivity index (χ1) is 9.80. The van der Waals surface area contributed by atoms with Gasteiger partial charge in [-0.15, -0.1) is 0 Å². The molecule has 0 radical (unpaired) electrons. The van der Waals surface area contributed by atoms with E-state index < -0.39 is 24.9 Å². The van der Waals surface area contributed by atoms with Crippen molar-refractivity contribution < 1.29 is 27.5 Å². The number of aliphatic hydroxyl groups is 1. The molecule has 0 aromatic carbocycles. The quantitative estimate of drug-likeness (QED) is 0.796. The molecule has 21 heavy (non-hydrogen) atoms. The molecule has 2 aliphatic rings. The Morgan fingerprint density at radius 1 is 1.24 bits per heavy atom. The van der Waals surface area contributed by atoms with Crippen molar-refractivity contribution in [2.45, 2.75) is 37.7 Å². The lowest BCUT2D eigenvalue weighted by molar-refractivity contribution is -0.151. The molecular weight excluding hydrogens is 292 g/mol. The first kappa shape index (κ1) is 16.5. The van der Waals surface area contributed by atoms with Crippen LogP contribution in [0.25, 0.3) is 0 Å². The summed E-state index contributed by atoms with van der Waals surface area (Å²) in [6.07, 6.45) is -4.53. The fourth-order valence-electron chi connectivity index (χ4n) is 3.13. The van der Waals surface area contributed by atoms with E-state index in [1.54, 1.807) is 0 Å². The molecule has 1 N–H and O–H groups in total. The SMILES string of the molecule is O=C(C1CCN(CC(F)(F)F)CC1)N1C[C@@H](F)C[C@H]1CO. The predicted octanol–water partition coefficient (Wildman–Crippen LogP) is 1.19. The minimum absolute atomic E-state index is 0.0210. The van der Waals surface area contributed by atoms with Crippen molar-refractivity contribution in [1.29, 1.82) is 0 Å². The summed E-state index contributed by atoms with van der Waals surface area (Å²) in [4.78, 5) is 15.0. The van der Waals surface area contributed by atoms with E-state index in [-0.39, 0.29) is 44.5 Å².